The minimum absolute atomic E-state index is 0.190. The summed E-state index contributed by atoms with van der Waals surface area (Å²) >= 11 is 6.46. The van der Waals surface area contributed by atoms with E-state index in [2.05, 4.69) is 0 Å². The lowest BCUT2D eigenvalue weighted by atomic mass is 9.93. The number of hydrogen-bond acceptors (Lipinski definition) is 4. The van der Waals surface area contributed by atoms with Crippen LogP contribution < -0.4 is 0 Å². The molecule has 0 aliphatic carbocycles. The molecule has 1 unspecified atom stereocenters. The molecule has 1 atom stereocenters. The summed E-state index contributed by atoms with van der Waals surface area (Å²) in [7, 11) is 0. The van der Waals surface area contributed by atoms with E-state index >= 15 is 0 Å². The lowest BCUT2D eigenvalue weighted by Crippen LogP contribution is -2.45. The van der Waals surface area contributed by atoms with Crippen molar-refractivity contribution >= 4 is 40.5 Å². The van der Waals surface area contributed by atoms with E-state index in [-0.39, 0.29) is 17.5 Å². The van der Waals surface area contributed by atoms with Crippen LogP contribution in [0.4, 0.5) is 4.79 Å². The second kappa shape index (κ2) is 7.90. The summed E-state index contributed by atoms with van der Waals surface area (Å²) in [6, 6.07) is 0. The molecule has 0 aliphatic rings. The first-order valence-corrected chi connectivity index (χ1v) is 7.53. The van der Waals surface area contributed by atoms with Crippen molar-refractivity contribution < 1.29 is 14.4 Å². The fraction of sp³-hybridized carbons (Fsp3) is 0.769. The highest BCUT2D eigenvalue weighted by Crippen LogP contribution is 2.34. The first-order valence-electron chi connectivity index (χ1n) is 6.38. The molecule has 110 valence electrons. The molecule has 6 heteroatoms. The molecule has 0 heterocycles. The Kier molecular flexibility index (Phi) is 7.67. The smallest absolute Gasteiger partial charge is 0.298 e. The van der Waals surface area contributed by atoms with E-state index in [4.69, 9.17) is 11.6 Å². The third-order valence-electron chi connectivity index (χ3n) is 2.87. The summed E-state index contributed by atoms with van der Waals surface area (Å²) in [4.78, 5) is 35.4. The summed E-state index contributed by atoms with van der Waals surface area (Å²) in [6.07, 6.45) is 1.67. The van der Waals surface area contributed by atoms with Crippen LogP contribution in [0.2, 0.25) is 0 Å². The molecular formula is C13H22ClNO3S. The SMILES string of the molecule is CCCCN(SC(C)(C(C)=O)C(=O)C(C)C)C(=O)Cl. The first-order chi connectivity index (χ1) is 8.66. The minimum Gasteiger partial charge on any atom is -0.298 e. The lowest BCUT2D eigenvalue weighted by Gasteiger charge is -2.31. The Morgan fingerprint density at radius 1 is 1.32 bits per heavy atom. The van der Waals surface area contributed by atoms with Crippen molar-refractivity contribution in [2.24, 2.45) is 5.92 Å². The maximum Gasteiger partial charge on any atom is 0.326 e. The van der Waals surface area contributed by atoms with Gasteiger partial charge in [0.25, 0.3) is 0 Å². The van der Waals surface area contributed by atoms with Gasteiger partial charge >= 0.3 is 5.37 Å². The van der Waals surface area contributed by atoms with Crippen LogP contribution >= 0.6 is 23.5 Å². The zero-order valence-corrected chi connectivity index (χ0v) is 13.7. The van der Waals surface area contributed by atoms with Gasteiger partial charge in [-0.2, -0.15) is 0 Å². The molecule has 1 amide bonds. The standard InChI is InChI=1S/C13H22ClNO3S/c1-6-7-8-15(12(14)18)19-13(5,10(4)16)11(17)9(2)3/h9H,6-8H2,1-5H3. The van der Waals surface area contributed by atoms with E-state index in [0.29, 0.717) is 6.54 Å². The number of amides is 1. The van der Waals surface area contributed by atoms with Crippen molar-refractivity contribution in [3.8, 4) is 0 Å². The predicted molar refractivity (Wildman–Crippen MR) is 79.4 cm³/mol. The summed E-state index contributed by atoms with van der Waals surface area (Å²) < 4.78 is 0.0409. The quantitative estimate of drug-likeness (QED) is 0.297. The molecule has 0 aromatic rings. The normalized spacial score (nSPS) is 14.1. The number of rotatable bonds is 8. The molecule has 0 saturated heterocycles. The number of carbonyl (C=O) groups is 3. The Balaban J connectivity index is 5.14. The summed E-state index contributed by atoms with van der Waals surface area (Å²) in [5.41, 5.74) is 0. The fourth-order valence-electron chi connectivity index (χ4n) is 1.53. The highest BCUT2D eigenvalue weighted by Gasteiger charge is 2.42. The molecule has 0 bridgehead atoms. The Morgan fingerprint density at radius 2 is 1.84 bits per heavy atom. The van der Waals surface area contributed by atoms with Gasteiger partial charge in [0.15, 0.2) is 11.6 Å². The van der Waals surface area contributed by atoms with Crippen LogP contribution in [0.1, 0.15) is 47.5 Å². The van der Waals surface area contributed by atoms with Crippen molar-refractivity contribution in [2.75, 3.05) is 6.54 Å². The molecule has 0 aromatic carbocycles. The largest absolute Gasteiger partial charge is 0.326 e. The number of carbonyl (C=O) groups excluding carboxylic acids is 3. The summed E-state index contributed by atoms with van der Waals surface area (Å²) in [5, 5.41) is -0.650. The molecule has 0 rings (SSSR count). The van der Waals surface area contributed by atoms with Gasteiger partial charge in [-0.1, -0.05) is 27.2 Å². The third kappa shape index (κ3) is 5.15. The molecule has 0 aliphatic heterocycles. The van der Waals surface area contributed by atoms with Crippen LogP contribution in [0.25, 0.3) is 0 Å². The van der Waals surface area contributed by atoms with Crippen molar-refractivity contribution in [3.63, 3.8) is 0 Å². The van der Waals surface area contributed by atoms with Gasteiger partial charge in [-0.05, 0) is 43.8 Å². The molecule has 0 fully saturated rings. The van der Waals surface area contributed by atoms with Crippen molar-refractivity contribution in [1.29, 1.82) is 0 Å². The average Bonchev–Trinajstić information content (AvgIpc) is 2.32. The van der Waals surface area contributed by atoms with Crippen LogP contribution in [0.3, 0.4) is 0 Å². The minimum atomic E-state index is -1.26. The van der Waals surface area contributed by atoms with Crippen LogP contribution in [-0.2, 0) is 9.59 Å². The van der Waals surface area contributed by atoms with Crippen LogP contribution in [-0.4, -0.2) is 32.5 Å². The molecule has 0 aromatic heterocycles. The topological polar surface area (TPSA) is 54.5 Å². The van der Waals surface area contributed by atoms with E-state index < -0.39 is 10.1 Å². The van der Waals surface area contributed by atoms with E-state index in [9.17, 15) is 14.4 Å². The summed E-state index contributed by atoms with van der Waals surface area (Å²) in [6.45, 7) is 8.82. The van der Waals surface area contributed by atoms with Crippen LogP contribution in [0, 0.1) is 5.92 Å². The highest BCUT2D eigenvalue weighted by atomic mass is 35.5. The maximum absolute atomic E-state index is 12.2. The molecule has 0 N–H and O–H groups in total. The molecule has 0 saturated carbocycles. The van der Waals surface area contributed by atoms with E-state index in [1.165, 1.54) is 11.2 Å². The van der Waals surface area contributed by atoms with E-state index in [1.54, 1.807) is 20.8 Å². The zero-order chi connectivity index (χ0) is 15.2. The maximum atomic E-state index is 12.2. The highest BCUT2D eigenvalue weighted by molar-refractivity contribution is 8.00. The third-order valence-corrected chi connectivity index (χ3v) is 4.60. The predicted octanol–water partition coefficient (Wildman–Crippen LogP) is 3.67. The average molecular weight is 308 g/mol. The molecule has 19 heavy (non-hydrogen) atoms. The number of halogens is 1. The van der Waals surface area contributed by atoms with Crippen molar-refractivity contribution in [3.05, 3.63) is 0 Å². The van der Waals surface area contributed by atoms with Gasteiger partial charge in [-0.15, -0.1) is 0 Å². The van der Waals surface area contributed by atoms with Gasteiger partial charge in [-0.3, -0.25) is 18.7 Å². The molecular weight excluding hydrogens is 286 g/mol. The number of ketones is 2. The second-order valence-electron chi connectivity index (χ2n) is 4.91. The second-order valence-corrected chi connectivity index (χ2v) is 6.67. The van der Waals surface area contributed by atoms with Gasteiger partial charge in [0.2, 0.25) is 0 Å². The molecule has 4 nitrogen and oxygen atoms in total. The van der Waals surface area contributed by atoms with Crippen molar-refractivity contribution in [1.82, 2.24) is 4.31 Å². The van der Waals surface area contributed by atoms with Crippen LogP contribution in [0.15, 0.2) is 0 Å². The molecule has 0 spiro atoms. The van der Waals surface area contributed by atoms with Gasteiger partial charge in [0.1, 0.15) is 4.75 Å². The van der Waals surface area contributed by atoms with Crippen molar-refractivity contribution in [2.45, 2.75) is 52.2 Å². The monoisotopic (exact) mass is 307 g/mol. The number of unbranched alkanes of at least 4 members (excludes halogenated alkanes) is 1. The van der Waals surface area contributed by atoms with Gasteiger partial charge in [0.05, 0.1) is 0 Å². The zero-order valence-electron chi connectivity index (χ0n) is 12.2. The van der Waals surface area contributed by atoms with E-state index in [0.717, 1.165) is 24.8 Å². The van der Waals surface area contributed by atoms with Gasteiger partial charge < -0.3 is 0 Å². The Labute approximate surface area is 124 Å². The Morgan fingerprint density at radius 3 is 2.16 bits per heavy atom. The first kappa shape index (κ1) is 18.4. The lowest BCUT2D eigenvalue weighted by molar-refractivity contribution is -0.130. The van der Waals surface area contributed by atoms with E-state index in [1.807, 2.05) is 6.92 Å². The molecule has 0 radical (unpaired) electrons. The van der Waals surface area contributed by atoms with Gasteiger partial charge in [-0.25, -0.2) is 0 Å². The summed E-state index contributed by atoms with van der Waals surface area (Å²) in [5.74, 6) is -0.736. The fourth-order valence-corrected chi connectivity index (χ4v) is 2.90. The van der Waals surface area contributed by atoms with Gasteiger partial charge in [0, 0.05) is 12.5 Å². The number of Topliss-reactive ketones (excluding diaryl/α,β-unsaturated/α-hetero) is 2. The number of hydrogen-bond donors (Lipinski definition) is 0. The van der Waals surface area contributed by atoms with Crippen LogP contribution in [0.5, 0.6) is 0 Å². The Bertz CT molecular complexity index is 360. The number of nitrogens with zero attached hydrogens (tertiary/aromatic N) is 1. The Hall–Kier alpha value is -0.550.